The minimum atomic E-state index is -0.785. The quantitative estimate of drug-likeness (QED) is 0.213. The second kappa shape index (κ2) is 15.9. The smallest absolute Gasteiger partial charge is 0.303 e. The molecule has 0 saturated carbocycles. The Balaban J connectivity index is 1.47. The van der Waals surface area contributed by atoms with Crippen LogP contribution in [0, 0.1) is 0 Å². The van der Waals surface area contributed by atoms with Crippen molar-refractivity contribution in [2.24, 2.45) is 0 Å². The second-order valence-electron chi connectivity index (χ2n) is 10.2. The molecular formula is C32H38BN3O5. The summed E-state index contributed by atoms with van der Waals surface area (Å²) in [5, 5.41) is 8.84. The largest absolute Gasteiger partial charge is 0.493 e. The fraction of sp³-hybridized carbons (Fsp3) is 0.406. The Kier molecular flexibility index (Phi) is 11.8. The standard InChI is InChI=1S/C32H38BN3O5/c33-31(28-7-3-4-8-29(28)41-22-5-1-2-9-30(37)38)36(19-6-18-35-20-23-40-24-21-35)32(39)27-12-10-25(11-13-27)26-14-16-34-17-15-26/h3-4,7-8,10-17,31H,1-2,5-6,9,18-24H2,(H,37,38). The number of amides is 1. The number of hydrogen-bond acceptors (Lipinski definition) is 6. The van der Waals surface area contributed by atoms with Crippen LogP contribution in [0.1, 0.15) is 54.0 Å². The molecule has 214 valence electrons. The van der Waals surface area contributed by atoms with Gasteiger partial charge in [0.1, 0.15) is 13.6 Å². The minimum Gasteiger partial charge on any atom is -0.493 e. The van der Waals surface area contributed by atoms with Crippen LogP contribution in [0.2, 0.25) is 0 Å². The summed E-state index contributed by atoms with van der Waals surface area (Å²) in [5.74, 6) is -0.982. The van der Waals surface area contributed by atoms with E-state index in [1.54, 1.807) is 17.3 Å². The van der Waals surface area contributed by atoms with Crippen molar-refractivity contribution in [3.05, 3.63) is 84.2 Å². The molecule has 9 heteroatoms. The molecule has 1 saturated heterocycles. The van der Waals surface area contributed by atoms with Gasteiger partial charge in [0.15, 0.2) is 0 Å². The van der Waals surface area contributed by atoms with Gasteiger partial charge in [-0.2, -0.15) is 0 Å². The van der Waals surface area contributed by atoms with Crippen LogP contribution in [-0.2, 0) is 9.53 Å². The Hall–Kier alpha value is -3.69. The normalized spacial score (nSPS) is 14.3. The number of carbonyl (C=O) groups is 2. The zero-order valence-corrected chi connectivity index (χ0v) is 23.5. The molecule has 1 atom stereocenters. The van der Waals surface area contributed by atoms with Crippen molar-refractivity contribution < 1.29 is 24.2 Å². The number of nitrogens with zero attached hydrogens (tertiary/aromatic N) is 3. The Morgan fingerprint density at radius 1 is 0.951 bits per heavy atom. The first-order valence-electron chi connectivity index (χ1n) is 14.3. The molecule has 1 N–H and O–H groups in total. The summed E-state index contributed by atoms with van der Waals surface area (Å²) in [4.78, 5) is 32.8. The summed E-state index contributed by atoms with van der Waals surface area (Å²) >= 11 is 0. The third-order valence-corrected chi connectivity index (χ3v) is 7.25. The number of carbonyl (C=O) groups excluding carboxylic acids is 1. The monoisotopic (exact) mass is 555 g/mol. The molecule has 8 nitrogen and oxygen atoms in total. The van der Waals surface area contributed by atoms with Gasteiger partial charge in [-0.15, -0.1) is 0 Å². The van der Waals surface area contributed by atoms with E-state index in [9.17, 15) is 9.59 Å². The van der Waals surface area contributed by atoms with Crippen LogP contribution in [0.5, 0.6) is 5.75 Å². The average molecular weight is 555 g/mol. The molecule has 3 aromatic rings. The van der Waals surface area contributed by atoms with Gasteiger partial charge in [-0.05, 0) is 67.1 Å². The van der Waals surface area contributed by atoms with Crippen molar-refractivity contribution >= 4 is 19.7 Å². The maximum Gasteiger partial charge on any atom is 0.303 e. The van der Waals surface area contributed by atoms with Crippen LogP contribution in [0.4, 0.5) is 0 Å². The number of hydrogen-bond donors (Lipinski definition) is 1. The van der Waals surface area contributed by atoms with Crippen molar-refractivity contribution in [3.8, 4) is 16.9 Å². The van der Waals surface area contributed by atoms with Gasteiger partial charge in [0.2, 0.25) is 0 Å². The number of benzene rings is 2. The Morgan fingerprint density at radius 2 is 1.66 bits per heavy atom. The van der Waals surface area contributed by atoms with Crippen molar-refractivity contribution in [2.75, 3.05) is 46.0 Å². The maximum atomic E-state index is 13.9. The van der Waals surface area contributed by atoms with Crippen LogP contribution in [0.3, 0.4) is 0 Å². The molecule has 0 spiro atoms. The second-order valence-corrected chi connectivity index (χ2v) is 10.2. The Bertz CT molecular complexity index is 1240. The summed E-state index contributed by atoms with van der Waals surface area (Å²) in [6, 6.07) is 19.0. The highest BCUT2D eigenvalue weighted by atomic mass is 16.5. The van der Waals surface area contributed by atoms with Crippen LogP contribution >= 0.6 is 0 Å². The van der Waals surface area contributed by atoms with Gasteiger partial charge in [0, 0.05) is 62.1 Å². The molecule has 1 aromatic heterocycles. The fourth-order valence-corrected chi connectivity index (χ4v) is 4.93. The van der Waals surface area contributed by atoms with E-state index < -0.39 is 11.9 Å². The molecule has 1 aliphatic rings. The third kappa shape index (κ3) is 9.16. The molecule has 0 aliphatic carbocycles. The zero-order valence-electron chi connectivity index (χ0n) is 23.5. The van der Waals surface area contributed by atoms with Crippen LogP contribution in [0.15, 0.2) is 73.1 Å². The summed E-state index contributed by atoms with van der Waals surface area (Å²) in [6.45, 7) is 5.03. The first kappa shape index (κ1) is 30.3. The highest BCUT2D eigenvalue weighted by molar-refractivity contribution is 6.14. The lowest BCUT2D eigenvalue weighted by Gasteiger charge is -2.33. The lowest BCUT2D eigenvalue weighted by molar-refractivity contribution is -0.137. The van der Waals surface area contributed by atoms with Crippen molar-refractivity contribution in [1.29, 1.82) is 0 Å². The van der Waals surface area contributed by atoms with Crippen LogP contribution < -0.4 is 4.74 Å². The molecule has 1 unspecified atom stereocenters. The number of aromatic nitrogens is 1. The van der Waals surface area contributed by atoms with E-state index in [2.05, 4.69) is 9.88 Å². The van der Waals surface area contributed by atoms with E-state index in [4.69, 9.17) is 22.4 Å². The number of rotatable bonds is 15. The molecule has 0 bridgehead atoms. The van der Waals surface area contributed by atoms with E-state index in [1.807, 2.05) is 60.7 Å². The van der Waals surface area contributed by atoms with Crippen LogP contribution in [0.25, 0.3) is 11.1 Å². The highest BCUT2D eigenvalue weighted by Gasteiger charge is 2.25. The molecule has 41 heavy (non-hydrogen) atoms. The first-order chi connectivity index (χ1) is 20.0. The predicted molar refractivity (Wildman–Crippen MR) is 159 cm³/mol. The van der Waals surface area contributed by atoms with Crippen molar-refractivity contribution in [2.45, 2.75) is 38.0 Å². The lowest BCUT2D eigenvalue weighted by atomic mass is 9.86. The highest BCUT2D eigenvalue weighted by Crippen LogP contribution is 2.29. The molecule has 2 radical (unpaired) electrons. The van der Waals surface area contributed by atoms with E-state index in [0.29, 0.717) is 30.9 Å². The Morgan fingerprint density at radius 3 is 2.39 bits per heavy atom. The Labute approximate surface area is 243 Å². The van der Waals surface area contributed by atoms with E-state index in [0.717, 1.165) is 68.8 Å². The van der Waals surface area contributed by atoms with Crippen molar-refractivity contribution in [3.63, 3.8) is 0 Å². The number of pyridine rings is 1. The summed E-state index contributed by atoms with van der Waals surface area (Å²) in [6.07, 6.45) is 6.56. The lowest BCUT2D eigenvalue weighted by Crippen LogP contribution is -2.40. The maximum absolute atomic E-state index is 13.9. The molecular weight excluding hydrogens is 517 g/mol. The van der Waals surface area contributed by atoms with Gasteiger partial charge in [0.25, 0.3) is 5.91 Å². The SMILES string of the molecule is [B]C(c1ccccc1OCCCCCC(=O)O)N(CCCN1CCOCC1)C(=O)c1ccc(-c2ccncc2)cc1. The van der Waals surface area contributed by atoms with Crippen LogP contribution in [-0.4, -0.2) is 85.6 Å². The molecule has 1 fully saturated rings. The minimum absolute atomic E-state index is 0.135. The number of morpholine rings is 1. The summed E-state index contributed by atoms with van der Waals surface area (Å²) < 4.78 is 11.5. The summed E-state index contributed by atoms with van der Waals surface area (Å²) in [7, 11) is 6.82. The number of unbranched alkanes of at least 4 members (excludes halogenated alkanes) is 2. The third-order valence-electron chi connectivity index (χ3n) is 7.25. The summed E-state index contributed by atoms with van der Waals surface area (Å²) in [5.41, 5.74) is 3.36. The van der Waals surface area contributed by atoms with Gasteiger partial charge in [-0.25, -0.2) is 0 Å². The van der Waals surface area contributed by atoms with Gasteiger partial charge in [0.05, 0.1) is 19.8 Å². The average Bonchev–Trinajstić information content (AvgIpc) is 3.01. The molecule has 2 aromatic carbocycles. The van der Waals surface area contributed by atoms with E-state index >= 15 is 0 Å². The zero-order chi connectivity index (χ0) is 28.9. The predicted octanol–water partition coefficient (Wildman–Crippen LogP) is 4.80. The first-order valence-corrected chi connectivity index (χ1v) is 14.3. The fourth-order valence-electron chi connectivity index (χ4n) is 4.93. The number of carboxylic acid groups (broad SMARTS) is 1. The van der Waals surface area contributed by atoms with Gasteiger partial charge < -0.3 is 19.5 Å². The molecule has 2 heterocycles. The number of ether oxygens (including phenoxy) is 2. The van der Waals surface area contributed by atoms with E-state index in [-0.39, 0.29) is 12.3 Å². The van der Waals surface area contributed by atoms with E-state index in [1.165, 1.54) is 0 Å². The number of para-hydroxylation sites is 1. The van der Waals surface area contributed by atoms with Gasteiger partial charge >= 0.3 is 5.97 Å². The molecule has 4 rings (SSSR count). The topological polar surface area (TPSA) is 92.2 Å². The van der Waals surface area contributed by atoms with Gasteiger partial charge in [-0.3, -0.25) is 19.5 Å². The number of aliphatic carboxylic acids is 1. The molecule has 1 aliphatic heterocycles. The molecule has 1 amide bonds. The number of carboxylic acids is 1. The van der Waals surface area contributed by atoms with Crippen molar-refractivity contribution in [1.82, 2.24) is 14.8 Å². The van der Waals surface area contributed by atoms with Gasteiger partial charge in [-0.1, -0.05) is 30.3 Å².